The van der Waals surface area contributed by atoms with Gasteiger partial charge in [-0.15, -0.1) is 0 Å². The number of nitrogens with zero attached hydrogens (tertiary/aromatic N) is 1. The second-order valence-electron chi connectivity index (χ2n) is 5.29. The normalized spacial score (nSPS) is 24.6. The number of hydrogen-bond donors (Lipinski definition) is 2. The van der Waals surface area contributed by atoms with Crippen molar-refractivity contribution in [3.05, 3.63) is 17.7 Å². The van der Waals surface area contributed by atoms with Crippen LogP contribution >= 0.6 is 0 Å². The van der Waals surface area contributed by atoms with E-state index in [9.17, 15) is 0 Å². The molecule has 0 saturated heterocycles. The van der Waals surface area contributed by atoms with Crippen molar-refractivity contribution in [3.63, 3.8) is 0 Å². The summed E-state index contributed by atoms with van der Waals surface area (Å²) >= 11 is 0. The van der Waals surface area contributed by atoms with E-state index in [0.717, 1.165) is 12.2 Å². The monoisotopic (exact) mass is 207 g/mol. The third-order valence-electron chi connectivity index (χ3n) is 3.71. The Morgan fingerprint density at radius 3 is 2.93 bits per heavy atom. The van der Waals surface area contributed by atoms with Gasteiger partial charge in [-0.3, -0.25) is 0 Å². The standard InChI is InChI=1S/C12H21N3/c1-9-10(15-8-14-9)7-13-11-5-4-6-12(11,2)3/h8,11,13H,4-7H2,1-3H3,(H,14,15). The Labute approximate surface area is 91.7 Å². The SMILES string of the molecule is Cc1[nH]cnc1CNC1CCCC1(C)C. The molecule has 2 N–H and O–H groups in total. The van der Waals surface area contributed by atoms with Crippen LogP contribution in [0.2, 0.25) is 0 Å². The molecule has 1 aliphatic rings. The van der Waals surface area contributed by atoms with Gasteiger partial charge in [0.05, 0.1) is 12.0 Å². The molecule has 1 aliphatic carbocycles. The van der Waals surface area contributed by atoms with Gasteiger partial charge in [-0.25, -0.2) is 4.98 Å². The van der Waals surface area contributed by atoms with Crippen LogP contribution in [0.3, 0.4) is 0 Å². The van der Waals surface area contributed by atoms with E-state index in [1.807, 2.05) is 0 Å². The van der Waals surface area contributed by atoms with Gasteiger partial charge in [-0.05, 0) is 25.2 Å². The van der Waals surface area contributed by atoms with Gasteiger partial charge in [0.2, 0.25) is 0 Å². The summed E-state index contributed by atoms with van der Waals surface area (Å²) in [6.45, 7) is 7.68. The maximum Gasteiger partial charge on any atom is 0.0925 e. The Morgan fingerprint density at radius 2 is 2.40 bits per heavy atom. The molecule has 0 aromatic carbocycles. The number of H-pyrrole nitrogens is 1. The molecule has 0 bridgehead atoms. The Morgan fingerprint density at radius 1 is 1.60 bits per heavy atom. The molecular formula is C12H21N3. The maximum absolute atomic E-state index is 4.31. The first-order chi connectivity index (χ1) is 7.09. The Kier molecular flexibility index (Phi) is 2.83. The third-order valence-corrected chi connectivity index (χ3v) is 3.71. The van der Waals surface area contributed by atoms with E-state index >= 15 is 0 Å². The fourth-order valence-electron chi connectivity index (χ4n) is 2.49. The predicted octanol–water partition coefficient (Wildman–Crippen LogP) is 2.39. The quantitative estimate of drug-likeness (QED) is 0.799. The zero-order chi connectivity index (χ0) is 10.9. The summed E-state index contributed by atoms with van der Waals surface area (Å²) in [6.07, 6.45) is 5.76. The maximum atomic E-state index is 4.31. The van der Waals surface area contributed by atoms with Crippen molar-refractivity contribution in [2.24, 2.45) is 5.41 Å². The largest absolute Gasteiger partial charge is 0.348 e. The van der Waals surface area contributed by atoms with E-state index in [2.05, 4.69) is 36.1 Å². The lowest BCUT2D eigenvalue weighted by molar-refractivity contribution is 0.282. The minimum absolute atomic E-state index is 0.449. The Balaban J connectivity index is 1.91. The van der Waals surface area contributed by atoms with E-state index in [-0.39, 0.29) is 0 Å². The lowest BCUT2D eigenvalue weighted by Crippen LogP contribution is -2.37. The minimum atomic E-state index is 0.449. The number of imidazole rings is 1. The highest BCUT2D eigenvalue weighted by atomic mass is 15.0. The molecule has 0 spiro atoms. The molecule has 1 unspecified atom stereocenters. The van der Waals surface area contributed by atoms with Gasteiger partial charge in [-0.2, -0.15) is 0 Å². The predicted molar refractivity (Wildman–Crippen MR) is 61.6 cm³/mol. The first kappa shape index (κ1) is 10.7. The zero-order valence-corrected chi connectivity index (χ0v) is 9.93. The molecule has 1 fully saturated rings. The molecule has 3 heteroatoms. The number of nitrogens with one attached hydrogen (secondary N) is 2. The van der Waals surface area contributed by atoms with Crippen LogP contribution in [0.1, 0.15) is 44.5 Å². The Bertz CT molecular complexity index is 327. The van der Waals surface area contributed by atoms with E-state index in [1.54, 1.807) is 6.33 Å². The number of aromatic nitrogens is 2. The van der Waals surface area contributed by atoms with Crippen molar-refractivity contribution in [1.29, 1.82) is 0 Å². The number of aryl methyl sites for hydroxylation is 1. The fraction of sp³-hybridized carbons (Fsp3) is 0.750. The van der Waals surface area contributed by atoms with Gasteiger partial charge < -0.3 is 10.3 Å². The van der Waals surface area contributed by atoms with Crippen LogP contribution in [0.15, 0.2) is 6.33 Å². The summed E-state index contributed by atoms with van der Waals surface area (Å²) in [5.41, 5.74) is 2.78. The number of hydrogen-bond acceptors (Lipinski definition) is 2. The van der Waals surface area contributed by atoms with E-state index in [0.29, 0.717) is 11.5 Å². The highest BCUT2D eigenvalue weighted by molar-refractivity contribution is 5.08. The summed E-state index contributed by atoms with van der Waals surface area (Å²) in [5, 5.41) is 3.63. The van der Waals surface area contributed by atoms with Crippen LogP contribution < -0.4 is 5.32 Å². The zero-order valence-electron chi connectivity index (χ0n) is 9.93. The van der Waals surface area contributed by atoms with Gasteiger partial charge in [0.25, 0.3) is 0 Å². The van der Waals surface area contributed by atoms with Crippen LogP contribution in [0, 0.1) is 12.3 Å². The van der Waals surface area contributed by atoms with Crippen molar-refractivity contribution >= 4 is 0 Å². The van der Waals surface area contributed by atoms with E-state index in [1.165, 1.54) is 25.0 Å². The molecular weight excluding hydrogens is 186 g/mol. The smallest absolute Gasteiger partial charge is 0.0925 e. The van der Waals surface area contributed by atoms with Crippen LogP contribution in [-0.4, -0.2) is 16.0 Å². The summed E-state index contributed by atoms with van der Waals surface area (Å²) in [6, 6.07) is 0.647. The average Bonchev–Trinajstić information content (AvgIpc) is 2.69. The van der Waals surface area contributed by atoms with Gasteiger partial charge in [0.15, 0.2) is 0 Å². The van der Waals surface area contributed by atoms with Crippen LogP contribution in [0.5, 0.6) is 0 Å². The first-order valence-electron chi connectivity index (χ1n) is 5.82. The van der Waals surface area contributed by atoms with Crippen molar-refractivity contribution in [1.82, 2.24) is 15.3 Å². The van der Waals surface area contributed by atoms with Crippen molar-refractivity contribution in [2.75, 3.05) is 0 Å². The van der Waals surface area contributed by atoms with E-state index < -0.39 is 0 Å². The molecule has 1 heterocycles. The second-order valence-corrected chi connectivity index (χ2v) is 5.29. The van der Waals surface area contributed by atoms with Crippen LogP contribution in [0.4, 0.5) is 0 Å². The highest BCUT2D eigenvalue weighted by Crippen LogP contribution is 2.37. The van der Waals surface area contributed by atoms with Gasteiger partial charge in [0.1, 0.15) is 0 Å². The topological polar surface area (TPSA) is 40.7 Å². The molecule has 0 amide bonds. The summed E-state index contributed by atoms with van der Waals surface area (Å²) in [7, 11) is 0. The highest BCUT2D eigenvalue weighted by Gasteiger charge is 2.33. The van der Waals surface area contributed by atoms with Gasteiger partial charge >= 0.3 is 0 Å². The molecule has 0 radical (unpaired) electrons. The summed E-state index contributed by atoms with van der Waals surface area (Å²) < 4.78 is 0. The molecule has 1 aromatic heterocycles. The third kappa shape index (κ3) is 2.23. The second kappa shape index (κ2) is 3.97. The molecule has 1 aromatic rings. The molecule has 1 saturated carbocycles. The van der Waals surface area contributed by atoms with Crippen LogP contribution in [0.25, 0.3) is 0 Å². The van der Waals surface area contributed by atoms with Gasteiger partial charge in [-0.1, -0.05) is 20.3 Å². The van der Waals surface area contributed by atoms with Gasteiger partial charge in [0, 0.05) is 18.3 Å². The summed E-state index contributed by atoms with van der Waals surface area (Å²) in [5.74, 6) is 0. The van der Waals surface area contributed by atoms with E-state index in [4.69, 9.17) is 0 Å². The molecule has 1 atom stereocenters. The first-order valence-corrected chi connectivity index (χ1v) is 5.82. The molecule has 3 nitrogen and oxygen atoms in total. The molecule has 0 aliphatic heterocycles. The lowest BCUT2D eigenvalue weighted by Gasteiger charge is -2.27. The fourth-order valence-corrected chi connectivity index (χ4v) is 2.49. The molecule has 15 heavy (non-hydrogen) atoms. The van der Waals surface area contributed by atoms with Crippen molar-refractivity contribution in [2.45, 2.75) is 52.6 Å². The number of aromatic amines is 1. The average molecular weight is 207 g/mol. The Hall–Kier alpha value is -0.830. The van der Waals surface area contributed by atoms with Crippen molar-refractivity contribution < 1.29 is 0 Å². The van der Waals surface area contributed by atoms with Crippen molar-refractivity contribution in [3.8, 4) is 0 Å². The summed E-state index contributed by atoms with van der Waals surface area (Å²) in [4.78, 5) is 7.42. The molecule has 2 rings (SSSR count). The van der Waals surface area contributed by atoms with Crippen LogP contribution in [-0.2, 0) is 6.54 Å². The number of rotatable bonds is 3. The minimum Gasteiger partial charge on any atom is -0.348 e. The molecule has 84 valence electrons. The lowest BCUT2D eigenvalue weighted by atomic mass is 9.87.